The third kappa shape index (κ3) is 6.47. The maximum absolute atomic E-state index is 5.42. The molecule has 0 spiro atoms. The third-order valence-corrected chi connectivity index (χ3v) is 5.95. The zero-order chi connectivity index (χ0) is 19.6. The Balaban J connectivity index is 1.51. The molecular weight excluding hydrogens is 350 g/mol. The van der Waals surface area contributed by atoms with Crippen molar-refractivity contribution in [1.29, 1.82) is 0 Å². The van der Waals surface area contributed by atoms with Gasteiger partial charge in [0.15, 0.2) is 5.96 Å². The largest absolute Gasteiger partial charge is 0.379 e. The normalized spacial score (nSPS) is 21.4. The van der Waals surface area contributed by atoms with Crippen molar-refractivity contribution in [3.63, 3.8) is 0 Å². The van der Waals surface area contributed by atoms with Gasteiger partial charge in [-0.3, -0.25) is 14.8 Å². The first-order chi connectivity index (χ1) is 13.8. The Morgan fingerprint density at radius 1 is 1.11 bits per heavy atom. The van der Waals surface area contributed by atoms with Crippen LogP contribution < -0.4 is 10.6 Å². The van der Waals surface area contributed by atoms with Crippen LogP contribution in [0.25, 0.3) is 0 Å². The number of benzene rings is 1. The number of ether oxygens (including phenoxy) is 1. The maximum atomic E-state index is 5.42. The maximum Gasteiger partial charge on any atom is 0.191 e. The molecule has 3 rings (SSSR count). The minimum absolute atomic E-state index is 0.381. The fraction of sp³-hybridized carbons (Fsp3) is 0.682. The number of morpholine rings is 1. The van der Waals surface area contributed by atoms with Crippen molar-refractivity contribution in [2.45, 2.75) is 25.8 Å². The van der Waals surface area contributed by atoms with E-state index in [1.54, 1.807) is 0 Å². The van der Waals surface area contributed by atoms with Gasteiger partial charge in [0.1, 0.15) is 0 Å². The first-order valence-electron chi connectivity index (χ1n) is 10.8. The van der Waals surface area contributed by atoms with Crippen molar-refractivity contribution in [2.24, 2.45) is 10.9 Å². The lowest BCUT2D eigenvalue weighted by Crippen LogP contribution is -2.47. The van der Waals surface area contributed by atoms with Gasteiger partial charge in [-0.25, -0.2) is 0 Å². The molecule has 2 fully saturated rings. The van der Waals surface area contributed by atoms with E-state index in [1.807, 2.05) is 7.05 Å². The van der Waals surface area contributed by atoms with Crippen molar-refractivity contribution in [3.05, 3.63) is 35.9 Å². The van der Waals surface area contributed by atoms with Gasteiger partial charge in [-0.1, -0.05) is 37.3 Å². The number of aliphatic imine (C=N–C) groups is 1. The van der Waals surface area contributed by atoms with Gasteiger partial charge in [0, 0.05) is 39.8 Å². The molecule has 28 heavy (non-hydrogen) atoms. The Hall–Kier alpha value is -1.63. The summed E-state index contributed by atoms with van der Waals surface area (Å²) >= 11 is 0. The molecule has 1 aromatic carbocycles. The number of hydrogen-bond donors (Lipinski definition) is 2. The summed E-state index contributed by atoms with van der Waals surface area (Å²) in [4.78, 5) is 9.49. The summed E-state index contributed by atoms with van der Waals surface area (Å²) in [5.41, 5.74) is 1.38. The van der Waals surface area contributed by atoms with Crippen LogP contribution in [0.5, 0.6) is 0 Å². The quantitative estimate of drug-likeness (QED) is 0.553. The Kier molecular flexibility index (Phi) is 8.58. The predicted octanol–water partition coefficient (Wildman–Crippen LogP) is 1.96. The molecule has 6 nitrogen and oxygen atoms in total. The lowest BCUT2D eigenvalue weighted by molar-refractivity contribution is 0.0389. The summed E-state index contributed by atoms with van der Waals surface area (Å²) in [6.07, 6.45) is 2.58. The molecule has 0 aromatic heterocycles. The first kappa shape index (κ1) is 21.1. The average molecular weight is 388 g/mol. The second-order valence-corrected chi connectivity index (χ2v) is 7.98. The second kappa shape index (κ2) is 11.4. The molecule has 0 saturated carbocycles. The number of nitrogens with zero attached hydrogens (tertiary/aromatic N) is 3. The topological polar surface area (TPSA) is 52.1 Å². The Morgan fingerprint density at radius 2 is 1.82 bits per heavy atom. The van der Waals surface area contributed by atoms with Crippen molar-refractivity contribution in [3.8, 4) is 0 Å². The van der Waals surface area contributed by atoms with Crippen LogP contribution in [0, 0.1) is 5.92 Å². The van der Waals surface area contributed by atoms with E-state index in [2.05, 4.69) is 62.7 Å². The van der Waals surface area contributed by atoms with Crippen LogP contribution in [0.2, 0.25) is 0 Å². The molecule has 0 amide bonds. The molecule has 1 unspecified atom stereocenters. The molecular formula is C22H37N5O. The number of guanidine groups is 1. The average Bonchev–Trinajstić information content (AvgIpc) is 2.75. The van der Waals surface area contributed by atoms with E-state index in [-0.39, 0.29) is 0 Å². The van der Waals surface area contributed by atoms with Gasteiger partial charge in [-0.15, -0.1) is 0 Å². The van der Waals surface area contributed by atoms with Crippen molar-refractivity contribution >= 4 is 5.96 Å². The first-order valence-corrected chi connectivity index (χ1v) is 10.8. The van der Waals surface area contributed by atoms with Gasteiger partial charge < -0.3 is 15.4 Å². The number of piperidine rings is 1. The smallest absolute Gasteiger partial charge is 0.191 e. The molecule has 0 radical (unpaired) electrons. The predicted molar refractivity (Wildman–Crippen MR) is 116 cm³/mol. The van der Waals surface area contributed by atoms with Crippen molar-refractivity contribution < 1.29 is 4.74 Å². The number of rotatable bonds is 7. The van der Waals surface area contributed by atoms with Crippen LogP contribution in [-0.2, 0) is 4.74 Å². The minimum Gasteiger partial charge on any atom is -0.379 e. The molecule has 1 atom stereocenters. The molecule has 2 heterocycles. The summed E-state index contributed by atoms with van der Waals surface area (Å²) in [5, 5.41) is 7.04. The summed E-state index contributed by atoms with van der Waals surface area (Å²) in [6.45, 7) is 11.3. The van der Waals surface area contributed by atoms with Gasteiger partial charge in [0.05, 0.1) is 19.3 Å². The summed E-state index contributed by atoms with van der Waals surface area (Å²) in [5.74, 6) is 1.73. The zero-order valence-corrected chi connectivity index (χ0v) is 17.6. The standard InChI is InChI=1S/C22H37N5O/c1-19-8-11-27(12-9-19)21(20-6-4-3-5-7-20)18-25-22(23-2)24-10-13-26-14-16-28-17-15-26/h3-7,19,21H,8-18H2,1-2H3,(H2,23,24,25). The molecule has 156 valence electrons. The Labute approximate surface area is 170 Å². The van der Waals surface area contributed by atoms with Gasteiger partial charge in [0.2, 0.25) is 0 Å². The molecule has 1 aromatic rings. The molecule has 2 aliphatic heterocycles. The van der Waals surface area contributed by atoms with E-state index in [4.69, 9.17) is 4.74 Å². The third-order valence-electron chi connectivity index (χ3n) is 5.95. The van der Waals surface area contributed by atoms with Crippen LogP contribution in [-0.4, -0.2) is 81.8 Å². The van der Waals surface area contributed by atoms with E-state index in [1.165, 1.54) is 31.5 Å². The zero-order valence-electron chi connectivity index (χ0n) is 17.6. The highest BCUT2D eigenvalue weighted by molar-refractivity contribution is 5.79. The van der Waals surface area contributed by atoms with Crippen LogP contribution in [0.4, 0.5) is 0 Å². The van der Waals surface area contributed by atoms with Gasteiger partial charge in [-0.05, 0) is 37.4 Å². The van der Waals surface area contributed by atoms with Crippen LogP contribution >= 0.6 is 0 Å². The Bertz CT molecular complexity index is 580. The van der Waals surface area contributed by atoms with E-state index in [0.717, 1.165) is 57.8 Å². The van der Waals surface area contributed by atoms with E-state index < -0.39 is 0 Å². The van der Waals surface area contributed by atoms with E-state index in [9.17, 15) is 0 Å². The SMILES string of the molecule is CN=C(NCCN1CCOCC1)NCC(c1ccccc1)N1CCC(C)CC1. The molecule has 2 N–H and O–H groups in total. The lowest BCUT2D eigenvalue weighted by Gasteiger charge is -2.37. The van der Waals surface area contributed by atoms with Gasteiger partial charge >= 0.3 is 0 Å². The summed E-state index contributed by atoms with van der Waals surface area (Å²) < 4.78 is 5.42. The van der Waals surface area contributed by atoms with Crippen molar-refractivity contribution in [2.75, 3.05) is 66.1 Å². The van der Waals surface area contributed by atoms with Gasteiger partial charge in [-0.2, -0.15) is 0 Å². The van der Waals surface area contributed by atoms with E-state index in [0.29, 0.717) is 6.04 Å². The summed E-state index contributed by atoms with van der Waals surface area (Å²) in [6, 6.07) is 11.3. The molecule has 0 bridgehead atoms. The van der Waals surface area contributed by atoms with Crippen LogP contribution in [0.15, 0.2) is 35.3 Å². The van der Waals surface area contributed by atoms with Gasteiger partial charge in [0.25, 0.3) is 0 Å². The highest BCUT2D eigenvalue weighted by atomic mass is 16.5. The number of nitrogens with one attached hydrogen (secondary N) is 2. The highest BCUT2D eigenvalue weighted by Gasteiger charge is 2.24. The fourth-order valence-corrected chi connectivity index (χ4v) is 4.04. The number of hydrogen-bond acceptors (Lipinski definition) is 4. The fourth-order valence-electron chi connectivity index (χ4n) is 4.04. The molecule has 2 saturated heterocycles. The van der Waals surface area contributed by atoms with Crippen LogP contribution in [0.1, 0.15) is 31.4 Å². The number of likely N-dealkylation sites (tertiary alicyclic amines) is 1. The Morgan fingerprint density at radius 3 is 2.50 bits per heavy atom. The van der Waals surface area contributed by atoms with Crippen LogP contribution in [0.3, 0.4) is 0 Å². The second-order valence-electron chi connectivity index (χ2n) is 7.98. The minimum atomic E-state index is 0.381. The monoisotopic (exact) mass is 387 g/mol. The molecule has 2 aliphatic rings. The molecule has 6 heteroatoms. The van der Waals surface area contributed by atoms with E-state index >= 15 is 0 Å². The highest BCUT2D eigenvalue weighted by Crippen LogP contribution is 2.26. The molecule has 0 aliphatic carbocycles. The lowest BCUT2D eigenvalue weighted by atomic mass is 9.95. The summed E-state index contributed by atoms with van der Waals surface area (Å²) in [7, 11) is 1.85. The van der Waals surface area contributed by atoms with Crippen molar-refractivity contribution in [1.82, 2.24) is 20.4 Å².